The molecular weight excluding hydrogens is 228 g/mol. The zero-order valence-electron chi connectivity index (χ0n) is 10.3. The average molecular weight is 246 g/mol. The number of aromatic amines is 1. The first-order valence-electron chi connectivity index (χ1n) is 5.35. The summed E-state index contributed by atoms with van der Waals surface area (Å²) < 4.78 is 0. The summed E-state index contributed by atoms with van der Waals surface area (Å²) in [5, 5.41) is 13.2. The van der Waals surface area contributed by atoms with E-state index >= 15 is 0 Å². The van der Waals surface area contributed by atoms with Crippen molar-refractivity contribution in [2.45, 2.75) is 0 Å². The molecular formula is C13H18N4O. The number of aromatic nitrogens is 3. The largest absolute Gasteiger partial charge is 0.310 e. The zero-order valence-corrected chi connectivity index (χ0v) is 10.3. The molecule has 5 nitrogen and oxygen atoms in total. The van der Waals surface area contributed by atoms with E-state index in [-0.39, 0.29) is 0 Å². The second-order valence-electron chi connectivity index (χ2n) is 3.06. The molecule has 0 fully saturated rings. The van der Waals surface area contributed by atoms with Crippen molar-refractivity contribution in [1.29, 1.82) is 0 Å². The number of hydrogen-bond donors (Lipinski definition) is 2. The molecule has 1 aromatic carbocycles. The Labute approximate surface area is 107 Å². The standard InChI is InChI=1S/C6H5N3.C6H11N.CH2O/c1-2-4-6-5(3-1)7-9-8-6;1-3-5-7-6-4-2;1-2/h1-4H,(H,7,8,9);3-4,7H,1-2,5-6H2;1H2. The van der Waals surface area contributed by atoms with Gasteiger partial charge in [0.1, 0.15) is 12.3 Å². The minimum Gasteiger partial charge on any atom is -0.310 e. The molecule has 0 atom stereocenters. The van der Waals surface area contributed by atoms with E-state index in [1.807, 2.05) is 43.2 Å². The van der Waals surface area contributed by atoms with Gasteiger partial charge in [-0.15, -0.1) is 18.3 Å². The minimum absolute atomic E-state index is 0.867. The third kappa shape index (κ3) is 6.34. The maximum atomic E-state index is 8.00. The molecule has 96 valence electrons. The molecule has 0 saturated heterocycles. The van der Waals surface area contributed by atoms with Gasteiger partial charge in [0.2, 0.25) is 0 Å². The highest BCUT2D eigenvalue weighted by atomic mass is 16.1. The molecule has 18 heavy (non-hydrogen) atoms. The molecule has 0 spiro atoms. The minimum atomic E-state index is 0.867. The van der Waals surface area contributed by atoms with E-state index in [4.69, 9.17) is 4.79 Å². The fraction of sp³-hybridized carbons (Fsp3) is 0.154. The smallest absolute Gasteiger partial charge is 0.112 e. The van der Waals surface area contributed by atoms with Crippen LogP contribution in [0, 0.1) is 0 Å². The van der Waals surface area contributed by atoms with Crippen LogP contribution in [0.5, 0.6) is 0 Å². The van der Waals surface area contributed by atoms with Gasteiger partial charge in [0, 0.05) is 13.1 Å². The van der Waals surface area contributed by atoms with Crippen molar-refractivity contribution in [3.05, 3.63) is 49.6 Å². The molecule has 0 unspecified atom stereocenters. The Morgan fingerprint density at radius 2 is 1.78 bits per heavy atom. The maximum absolute atomic E-state index is 8.00. The molecule has 0 aliphatic rings. The van der Waals surface area contributed by atoms with Gasteiger partial charge in [0.15, 0.2) is 0 Å². The van der Waals surface area contributed by atoms with E-state index in [0.29, 0.717) is 0 Å². The summed E-state index contributed by atoms with van der Waals surface area (Å²) in [5.74, 6) is 0. The summed E-state index contributed by atoms with van der Waals surface area (Å²) in [6, 6.07) is 7.74. The quantitative estimate of drug-likeness (QED) is 0.636. The van der Waals surface area contributed by atoms with E-state index in [2.05, 4.69) is 33.9 Å². The van der Waals surface area contributed by atoms with Crippen LogP contribution in [-0.2, 0) is 4.79 Å². The highest BCUT2D eigenvalue weighted by molar-refractivity contribution is 5.72. The Bertz CT molecular complexity index is 415. The number of hydrogen-bond acceptors (Lipinski definition) is 4. The van der Waals surface area contributed by atoms with Crippen molar-refractivity contribution < 1.29 is 4.79 Å². The molecule has 0 aliphatic carbocycles. The van der Waals surface area contributed by atoms with Crippen LogP contribution in [0.25, 0.3) is 11.0 Å². The summed E-state index contributed by atoms with van der Waals surface area (Å²) in [5.41, 5.74) is 1.90. The summed E-state index contributed by atoms with van der Waals surface area (Å²) in [7, 11) is 0. The fourth-order valence-corrected chi connectivity index (χ4v) is 1.08. The van der Waals surface area contributed by atoms with E-state index in [9.17, 15) is 0 Å². The van der Waals surface area contributed by atoms with Crippen molar-refractivity contribution >= 4 is 17.8 Å². The van der Waals surface area contributed by atoms with Gasteiger partial charge in [-0.05, 0) is 12.1 Å². The number of carbonyl (C=O) groups excluding carboxylic acids is 1. The monoisotopic (exact) mass is 246 g/mol. The predicted octanol–water partition coefficient (Wildman–Crippen LogP) is 1.72. The van der Waals surface area contributed by atoms with Crippen molar-refractivity contribution in [2.75, 3.05) is 13.1 Å². The Kier molecular flexibility index (Phi) is 9.81. The van der Waals surface area contributed by atoms with Gasteiger partial charge in [0.25, 0.3) is 0 Å². The number of para-hydroxylation sites is 1. The molecule has 0 radical (unpaired) electrons. The first kappa shape index (κ1) is 15.7. The van der Waals surface area contributed by atoms with E-state index in [1.165, 1.54) is 0 Å². The number of carbonyl (C=O) groups is 1. The molecule has 1 heterocycles. The molecule has 5 heteroatoms. The van der Waals surface area contributed by atoms with Gasteiger partial charge in [-0.2, -0.15) is 0 Å². The van der Waals surface area contributed by atoms with Crippen LogP contribution in [0.3, 0.4) is 0 Å². The Morgan fingerprint density at radius 1 is 1.17 bits per heavy atom. The van der Waals surface area contributed by atoms with Crippen LogP contribution in [0.2, 0.25) is 0 Å². The Morgan fingerprint density at radius 3 is 2.33 bits per heavy atom. The lowest BCUT2D eigenvalue weighted by atomic mass is 10.3. The summed E-state index contributed by atoms with van der Waals surface area (Å²) >= 11 is 0. The molecule has 1 aromatic heterocycles. The second kappa shape index (κ2) is 11.2. The number of H-pyrrole nitrogens is 1. The van der Waals surface area contributed by atoms with Gasteiger partial charge in [-0.1, -0.05) is 29.5 Å². The highest BCUT2D eigenvalue weighted by Gasteiger charge is 1.90. The third-order valence-corrected chi connectivity index (χ3v) is 1.81. The van der Waals surface area contributed by atoms with Gasteiger partial charge in [-0.3, -0.25) is 5.10 Å². The maximum Gasteiger partial charge on any atom is 0.112 e. The molecule has 0 aliphatic heterocycles. The third-order valence-electron chi connectivity index (χ3n) is 1.81. The molecule has 0 saturated carbocycles. The number of rotatable bonds is 4. The number of nitrogens with one attached hydrogen (secondary N) is 2. The van der Waals surface area contributed by atoms with Gasteiger partial charge in [0.05, 0.1) is 5.52 Å². The van der Waals surface area contributed by atoms with Crippen LogP contribution in [0.1, 0.15) is 0 Å². The van der Waals surface area contributed by atoms with Crippen LogP contribution < -0.4 is 5.32 Å². The number of benzene rings is 1. The normalized spacial score (nSPS) is 8.44. The zero-order chi connectivity index (χ0) is 13.6. The van der Waals surface area contributed by atoms with E-state index in [1.54, 1.807) is 0 Å². The van der Waals surface area contributed by atoms with Crippen LogP contribution in [0.15, 0.2) is 49.6 Å². The first-order valence-corrected chi connectivity index (χ1v) is 5.35. The lowest BCUT2D eigenvalue weighted by Crippen LogP contribution is -2.11. The lowest BCUT2D eigenvalue weighted by Gasteiger charge is -1.90. The van der Waals surface area contributed by atoms with Crippen molar-refractivity contribution in [1.82, 2.24) is 20.7 Å². The second-order valence-corrected chi connectivity index (χ2v) is 3.06. The average Bonchev–Trinajstić information content (AvgIpc) is 2.91. The molecule has 2 rings (SSSR count). The van der Waals surface area contributed by atoms with Crippen LogP contribution in [0.4, 0.5) is 0 Å². The summed E-state index contributed by atoms with van der Waals surface area (Å²) in [6.45, 7) is 10.8. The predicted molar refractivity (Wildman–Crippen MR) is 74.3 cm³/mol. The van der Waals surface area contributed by atoms with Crippen LogP contribution in [-0.4, -0.2) is 35.3 Å². The van der Waals surface area contributed by atoms with Gasteiger partial charge < -0.3 is 10.1 Å². The van der Waals surface area contributed by atoms with Gasteiger partial charge >= 0.3 is 0 Å². The summed E-state index contributed by atoms with van der Waals surface area (Å²) in [4.78, 5) is 8.00. The molecule has 0 amide bonds. The SMILES string of the molecule is C=CCNCC=C.C=O.c1ccc2[nH]nnc2c1. The van der Waals surface area contributed by atoms with Crippen molar-refractivity contribution in [3.8, 4) is 0 Å². The Hall–Kier alpha value is -2.27. The molecule has 2 N–H and O–H groups in total. The number of nitrogens with zero attached hydrogens (tertiary/aromatic N) is 2. The Balaban J connectivity index is 0.000000292. The molecule has 0 bridgehead atoms. The topological polar surface area (TPSA) is 70.7 Å². The highest BCUT2D eigenvalue weighted by Crippen LogP contribution is 2.03. The summed E-state index contributed by atoms with van der Waals surface area (Å²) in [6.07, 6.45) is 3.65. The van der Waals surface area contributed by atoms with E-state index in [0.717, 1.165) is 24.1 Å². The first-order chi connectivity index (χ1) is 8.88. The van der Waals surface area contributed by atoms with Crippen molar-refractivity contribution in [3.63, 3.8) is 0 Å². The lowest BCUT2D eigenvalue weighted by molar-refractivity contribution is -0.0979. The van der Waals surface area contributed by atoms with Gasteiger partial charge in [-0.25, -0.2) is 0 Å². The van der Waals surface area contributed by atoms with Crippen molar-refractivity contribution in [2.24, 2.45) is 0 Å². The fourth-order valence-electron chi connectivity index (χ4n) is 1.08. The van der Waals surface area contributed by atoms with E-state index < -0.39 is 0 Å². The molecule has 2 aromatic rings. The number of fused-ring (bicyclic) bond motifs is 1. The van der Waals surface area contributed by atoms with Crippen LogP contribution >= 0.6 is 0 Å².